The van der Waals surface area contributed by atoms with Gasteiger partial charge in [0, 0.05) is 6.54 Å². The lowest BCUT2D eigenvalue weighted by Gasteiger charge is -1.98. The van der Waals surface area contributed by atoms with E-state index < -0.39 is 10.1 Å². The second kappa shape index (κ2) is 3.78. The van der Waals surface area contributed by atoms with Crippen LogP contribution >= 0.6 is 0 Å². The minimum absolute atomic E-state index is 0.104. The van der Waals surface area contributed by atoms with Gasteiger partial charge in [-0.25, -0.2) is 0 Å². The highest BCUT2D eigenvalue weighted by Crippen LogP contribution is 1.78. The summed E-state index contributed by atoms with van der Waals surface area (Å²) in [6.45, 7) is -0.0530. The molecule has 0 atom stereocenters. The molecule has 0 aliphatic heterocycles. The van der Waals surface area contributed by atoms with Crippen molar-refractivity contribution in [2.45, 2.75) is 0 Å². The molecule has 0 aliphatic rings. The van der Waals surface area contributed by atoms with Gasteiger partial charge in [0.1, 0.15) is 0 Å². The average Bonchev–Trinajstić information content (AvgIpc) is 1.63. The normalized spacial score (nSPS) is 11.8. The maximum absolute atomic E-state index is 10.1. The standard InChI is InChI=1S/C3H9NO4S/c1-9(6,7)8-4-2-3-5/h4-5H,2-3H2,1H3. The smallest absolute Gasteiger partial charge is 0.280 e. The fraction of sp³-hybridized carbons (Fsp3) is 1.00. The van der Waals surface area contributed by atoms with Gasteiger partial charge < -0.3 is 5.11 Å². The van der Waals surface area contributed by atoms with E-state index in [4.69, 9.17) is 5.11 Å². The van der Waals surface area contributed by atoms with Crippen molar-refractivity contribution in [3.63, 3.8) is 0 Å². The van der Waals surface area contributed by atoms with Gasteiger partial charge in [-0.05, 0) is 0 Å². The molecule has 0 unspecified atom stereocenters. The van der Waals surface area contributed by atoms with Crippen LogP contribution in [0.1, 0.15) is 0 Å². The van der Waals surface area contributed by atoms with Gasteiger partial charge in [-0.1, -0.05) is 0 Å². The van der Waals surface area contributed by atoms with Gasteiger partial charge in [0.15, 0.2) is 0 Å². The maximum atomic E-state index is 10.1. The number of aliphatic hydroxyl groups excluding tert-OH is 1. The molecule has 0 radical (unpaired) electrons. The van der Waals surface area contributed by atoms with Gasteiger partial charge in [0.2, 0.25) is 0 Å². The lowest BCUT2D eigenvalue weighted by Crippen LogP contribution is -2.22. The first-order chi connectivity index (χ1) is 4.06. The summed E-state index contributed by atoms with van der Waals surface area (Å²) in [6.07, 6.45) is 0.914. The van der Waals surface area contributed by atoms with Crippen LogP contribution in [0.4, 0.5) is 0 Å². The molecule has 0 aromatic heterocycles. The van der Waals surface area contributed by atoms with Crippen molar-refractivity contribution >= 4 is 10.1 Å². The number of hydrogen-bond acceptors (Lipinski definition) is 5. The first-order valence-corrected chi connectivity index (χ1v) is 4.10. The summed E-state index contributed by atoms with van der Waals surface area (Å²) in [4.78, 5) is 0. The van der Waals surface area contributed by atoms with E-state index in [2.05, 4.69) is 4.28 Å². The number of aliphatic hydroxyl groups is 1. The van der Waals surface area contributed by atoms with E-state index in [0.717, 1.165) is 6.26 Å². The molecule has 6 heteroatoms. The fourth-order valence-corrected chi connectivity index (χ4v) is 0.492. The van der Waals surface area contributed by atoms with Gasteiger partial charge in [-0.2, -0.15) is 18.2 Å². The lowest BCUT2D eigenvalue weighted by atomic mass is 10.8. The van der Waals surface area contributed by atoms with E-state index >= 15 is 0 Å². The lowest BCUT2D eigenvalue weighted by molar-refractivity contribution is 0.172. The number of hydrogen-bond donors (Lipinski definition) is 2. The average molecular weight is 155 g/mol. The second-order valence-electron chi connectivity index (χ2n) is 1.41. The molecule has 9 heavy (non-hydrogen) atoms. The van der Waals surface area contributed by atoms with E-state index in [1.807, 2.05) is 5.48 Å². The quantitative estimate of drug-likeness (QED) is 0.380. The highest BCUT2D eigenvalue weighted by atomic mass is 32.2. The number of rotatable bonds is 4. The van der Waals surface area contributed by atoms with Crippen LogP contribution in [0.25, 0.3) is 0 Å². The Kier molecular flexibility index (Phi) is 3.71. The Bertz CT molecular complexity index is 151. The Labute approximate surface area is 53.7 Å². The Morgan fingerprint density at radius 2 is 2.22 bits per heavy atom. The predicted molar refractivity (Wildman–Crippen MR) is 31.0 cm³/mol. The van der Waals surface area contributed by atoms with Crippen LogP contribution < -0.4 is 5.48 Å². The Morgan fingerprint density at radius 3 is 2.56 bits per heavy atom. The maximum Gasteiger partial charge on any atom is 0.280 e. The molecule has 5 nitrogen and oxygen atoms in total. The summed E-state index contributed by atoms with van der Waals surface area (Å²) >= 11 is 0. The minimum Gasteiger partial charge on any atom is -0.395 e. The summed E-state index contributed by atoms with van der Waals surface area (Å²) in [5, 5.41) is 8.13. The third-order valence-corrected chi connectivity index (χ3v) is 0.845. The molecular formula is C3H9NO4S. The molecule has 0 fully saturated rings. The van der Waals surface area contributed by atoms with Crippen LogP contribution in [0.3, 0.4) is 0 Å². The molecule has 0 spiro atoms. The highest BCUT2D eigenvalue weighted by Gasteiger charge is 1.98. The molecule has 2 N–H and O–H groups in total. The van der Waals surface area contributed by atoms with Crippen LogP contribution in [-0.4, -0.2) is 32.9 Å². The van der Waals surface area contributed by atoms with Crippen molar-refractivity contribution in [2.75, 3.05) is 19.4 Å². The molecule has 0 amide bonds. The molecule has 0 aromatic carbocycles. The molecule has 0 saturated carbocycles. The largest absolute Gasteiger partial charge is 0.395 e. The SMILES string of the molecule is CS(=O)(=O)ONCCO. The van der Waals surface area contributed by atoms with Crippen LogP contribution in [0.2, 0.25) is 0 Å². The Morgan fingerprint density at radius 1 is 1.67 bits per heavy atom. The van der Waals surface area contributed by atoms with Crippen molar-refractivity contribution in [3.05, 3.63) is 0 Å². The van der Waals surface area contributed by atoms with E-state index in [9.17, 15) is 8.42 Å². The first kappa shape index (κ1) is 8.83. The van der Waals surface area contributed by atoms with Gasteiger partial charge in [-0.15, -0.1) is 0 Å². The molecule has 0 heterocycles. The summed E-state index contributed by atoms with van der Waals surface area (Å²) in [5.41, 5.74) is 2.04. The van der Waals surface area contributed by atoms with Crippen molar-refractivity contribution in [1.29, 1.82) is 0 Å². The van der Waals surface area contributed by atoms with E-state index in [-0.39, 0.29) is 13.2 Å². The molecule has 0 aliphatic carbocycles. The zero-order valence-corrected chi connectivity index (χ0v) is 5.81. The van der Waals surface area contributed by atoms with Crippen molar-refractivity contribution < 1.29 is 17.8 Å². The van der Waals surface area contributed by atoms with Gasteiger partial charge >= 0.3 is 0 Å². The van der Waals surface area contributed by atoms with E-state index in [0.29, 0.717) is 0 Å². The monoisotopic (exact) mass is 155 g/mol. The van der Waals surface area contributed by atoms with Crippen LogP contribution in [0, 0.1) is 0 Å². The minimum atomic E-state index is -3.42. The second-order valence-corrected chi connectivity index (χ2v) is 2.98. The van der Waals surface area contributed by atoms with E-state index in [1.165, 1.54) is 0 Å². The number of hydroxylamine groups is 1. The Hall–Kier alpha value is -0.170. The Balaban J connectivity index is 3.30. The summed E-state index contributed by atoms with van der Waals surface area (Å²) in [6, 6.07) is 0. The zero-order chi connectivity index (χ0) is 7.33. The highest BCUT2D eigenvalue weighted by molar-refractivity contribution is 7.85. The van der Waals surface area contributed by atoms with Crippen LogP contribution in [0.5, 0.6) is 0 Å². The van der Waals surface area contributed by atoms with Crippen molar-refractivity contribution in [3.8, 4) is 0 Å². The van der Waals surface area contributed by atoms with Gasteiger partial charge in [0.25, 0.3) is 10.1 Å². The molecule has 0 rings (SSSR count). The topological polar surface area (TPSA) is 75.6 Å². The first-order valence-electron chi connectivity index (χ1n) is 2.28. The molecule has 0 bridgehead atoms. The summed E-state index contributed by atoms with van der Waals surface area (Å²) in [7, 11) is -3.42. The third kappa shape index (κ3) is 7.83. The van der Waals surface area contributed by atoms with Crippen molar-refractivity contribution in [1.82, 2.24) is 5.48 Å². The van der Waals surface area contributed by atoms with Gasteiger partial charge in [-0.3, -0.25) is 0 Å². The number of nitrogens with one attached hydrogen (secondary N) is 1. The third-order valence-electron chi connectivity index (χ3n) is 0.424. The summed E-state index contributed by atoms with van der Waals surface area (Å²) < 4.78 is 24.3. The summed E-state index contributed by atoms with van der Waals surface area (Å²) in [5.74, 6) is 0. The zero-order valence-electron chi connectivity index (χ0n) is 4.99. The van der Waals surface area contributed by atoms with Crippen molar-refractivity contribution in [2.24, 2.45) is 0 Å². The van der Waals surface area contributed by atoms with Gasteiger partial charge in [0.05, 0.1) is 12.9 Å². The van der Waals surface area contributed by atoms with Crippen LogP contribution in [0.15, 0.2) is 0 Å². The predicted octanol–water partition coefficient (Wildman–Crippen LogP) is -1.54. The van der Waals surface area contributed by atoms with Crippen LogP contribution in [-0.2, 0) is 14.4 Å². The van der Waals surface area contributed by atoms with E-state index in [1.54, 1.807) is 0 Å². The molecule has 56 valence electrons. The fourth-order valence-electron chi connectivity index (χ4n) is 0.194. The molecule has 0 aromatic rings. The molecule has 0 saturated heterocycles. The molecular weight excluding hydrogens is 146 g/mol.